The first kappa shape index (κ1) is 22.3. The molecule has 1 N–H and O–H groups in total. The van der Waals surface area contributed by atoms with Gasteiger partial charge in [-0.25, -0.2) is 0 Å². The Kier molecular flexibility index (Phi) is 5.81. The largest absolute Gasteiger partial charge is 0.497 e. The van der Waals surface area contributed by atoms with Gasteiger partial charge in [0.25, 0.3) is 5.91 Å². The van der Waals surface area contributed by atoms with Crippen LogP contribution in [-0.4, -0.2) is 18.8 Å². The Balaban J connectivity index is 1.58. The Morgan fingerprint density at radius 2 is 1.64 bits per heavy atom. The summed E-state index contributed by atoms with van der Waals surface area (Å²) in [5.41, 5.74) is 4.16. The lowest BCUT2D eigenvalue weighted by Gasteiger charge is -2.19. The molecule has 0 atom stereocenters. The highest BCUT2D eigenvalue weighted by molar-refractivity contribution is 6.11. The van der Waals surface area contributed by atoms with Crippen LogP contribution >= 0.6 is 0 Å². The molecule has 4 rings (SSSR count). The van der Waals surface area contributed by atoms with E-state index in [0.717, 1.165) is 10.9 Å². The summed E-state index contributed by atoms with van der Waals surface area (Å²) in [6, 6.07) is 20.0. The quantitative estimate of drug-likeness (QED) is 0.358. The number of nitrogens with one attached hydrogen (secondary N) is 1. The number of anilines is 1. The van der Waals surface area contributed by atoms with Crippen LogP contribution in [-0.2, 0) is 5.41 Å². The predicted octanol–water partition coefficient (Wildman–Crippen LogP) is 6.53. The maximum absolute atomic E-state index is 13.0. The molecule has 0 aliphatic rings. The van der Waals surface area contributed by atoms with Crippen molar-refractivity contribution in [3.63, 3.8) is 0 Å². The lowest BCUT2D eigenvalue weighted by molar-refractivity contribution is 0.101. The number of furan rings is 1. The molecule has 0 aliphatic heterocycles. The molecule has 5 heteroatoms. The van der Waals surface area contributed by atoms with E-state index in [0.29, 0.717) is 28.1 Å². The Labute approximate surface area is 193 Å². The normalized spacial score (nSPS) is 11.4. The standard InChI is InChI=1S/C28H27NO4/c1-17-23-14-13-21(29-27(31)18-9-11-20(12-10-18)28(2,3)4)16-24(23)33-26(17)25(30)19-7-6-8-22(15-19)32-5/h6-16H,1-5H3,(H,29,31). The number of amides is 1. The highest BCUT2D eigenvalue weighted by Crippen LogP contribution is 2.30. The zero-order valence-corrected chi connectivity index (χ0v) is 19.5. The van der Waals surface area contributed by atoms with Crippen molar-refractivity contribution in [1.82, 2.24) is 0 Å². The van der Waals surface area contributed by atoms with Crippen LogP contribution < -0.4 is 10.1 Å². The fraction of sp³-hybridized carbons (Fsp3) is 0.214. The average molecular weight is 442 g/mol. The van der Waals surface area contributed by atoms with Crippen molar-refractivity contribution in [2.24, 2.45) is 0 Å². The molecular weight excluding hydrogens is 414 g/mol. The molecule has 0 fully saturated rings. The number of hydrogen-bond donors (Lipinski definition) is 1. The zero-order chi connectivity index (χ0) is 23.8. The highest BCUT2D eigenvalue weighted by atomic mass is 16.5. The van der Waals surface area contributed by atoms with Crippen molar-refractivity contribution in [1.29, 1.82) is 0 Å². The van der Waals surface area contributed by atoms with Crippen molar-refractivity contribution in [3.05, 3.63) is 94.7 Å². The van der Waals surface area contributed by atoms with Crippen LogP contribution in [0.3, 0.4) is 0 Å². The Hall–Kier alpha value is -3.86. The van der Waals surface area contributed by atoms with E-state index in [4.69, 9.17) is 9.15 Å². The van der Waals surface area contributed by atoms with Gasteiger partial charge >= 0.3 is 0 Å². The molecule has 0 spiro atoms. The molecule has 5 nitrogen and oxygen atoms in total. The van der Waals surface area contributed by atoms with Crippen molar-refractivity contribution in [2.75, 3.05) is 12.4 Å². The first-order chi connectivity index (χ1) is 15.7. The third-order valence-corrected chi connectivity index (χ3v) is 5.75. The molecule has 168 valence electrons. The van der Waals surface area contributed by atoms with Gasteiger partial charge in [-0.05, 0) is 54.3 Å². The van der Waals surface area contributed by atoms with Crippen LogP contribution in [0.5, 0.6) is 5.75 Å². The summed E-state index contributed by atoms with van der Waals surface area (Å²) in [5, 5.41) is 3.74. The fourth-order valence-electron chi connectivity index (χ4n) is 3.74. The monoisotopic (exact) mass is 441 g/mol. The molecule has 3 aromatic carbocycles. The van der Waals surface area contributed by atoms with E-state index in [2.05, 4.69) is 26.1 Å². The fourth-order valence-corrected chi connectivity index (χ4v) is 3.74. The van der Waals surface area contributed by atoms with E-state index >= 15 is 0 Å². The number of aryl methyl sites for hydroxylation is 1. The first-order valence-corrected chi connectivity index (χ1v) is 10.8. The third-order valence-electron chi connectivity index (χ3n) is 5.75. The first-order valence-electron chi connectivity index (χ1n) is 10.8. The van der Waals surface area contributed by atoms with Crippen molar-refractivity contribution >= 4 is 28.3 Å². The van der Waals surface area contributed by atoms with E-state index in [1.807, 2.05) is 43.3 Å². The number of ether oxygens (including phenoxy) is 1. The van der Waals surface area contributed by atoms with Crippen LogP contribution in [0.2, 0.25) is 0 Å². The zero-order valence-electron chi connectivity index (χ0n) is 19.5. The number of carbonyl (C=O) groups excluding carboxylic acids is 2. The smallest absolute Gasteiger partial charge is 0.255 e. The van der Waals surface area contributed by atoms with Gasteiger partial charge in [-0.2, -0.15) is 0 Å². The van der Waals surface area contributed by atoms with Gasteiger partial charge in [0, 0.05) is 33.8 Å². The number of carbonyl (C=O) groups is 2. The van der Waals surface area contributed by atoms with Gasteiger partial charge in [-0.15, -0.1) is 0 Å². The van der Waals surface area contributed by atoms with Gasteiger partial charge < -0.3 is 14.5 Å². The molecule has 1 heterocycles. The Morgan fingerprint density at radius 1 is 0.909 bits per heavy atom. The maximum atomic E-state index is 13.0. The van der Waals surface area contributed by atoms with E-state index in [-0.39, 0.29) is 22.9 Å². The van der Waals surface area contributed by atoms with Crippen LogP contribution in [0, 0.1) is 6.92 Å². The molecule has 1 aromatic heterocycles. The van der Waals surface area contributed by atoms with Gasteiger partial charge in [-0.1, -0.05) is 45.0 Å². The van der Waals surface area contributed by atoms with Gasteiger partial charge in [0.2, 0.25) is 5.78 Å². The Bertz CT molecular complexity index is 1340. The summed E-state index contributed by atoms with van der Waals surface area (Å²) >= 11 is 0. The lowest BCUT2D eigenvalue weighted by atomic mass is 9.87. The molecule has 0 bridgehead atoms. The van der Waals surface area contributed by atoms with Gasteiger partial charge in [-0.3, -0.25) is 9.59 Å². The molecule has 0 unspecified atom stereocenters. The average Bonchev–Trinajstić information content (AvgIpc) is 3.13. The van der Waals surface area contributed by atoms with E-state index in [1.54, 1.807) is 37.4 Å². The topological polar surface area (TPSA) is 68.5 Å². The van der Waals surface area contributed by atoms with Crippen LogP contribution in [0.4, 0.5) is 5.69 Å². The Morgan fingerprint density at radius 3 is 2.30 bits per heavy atom. The van der Waals surface area contributed by atoms with Gasteiger partial charge in [0.05, 0.1) is 7.11 Å². The number of rotatable bonds is 5. The van der Waals surface area contributed by atoms with Crippen molar-refractivity contribution < 1.29 is 18.7 Å². The predicted molar refractivity (Wildman–Crippen MR) is 130 cm³/mol. The van der Waals surface area contributed by atoms with Gasteiger partial charge in [0.1, 0.15) is 11.3 Å². The van der Waals surface area contributed by atoms with Crippen LogP contribution in [0.1, 0.15) is 58.4 Å². The second-order valence-corrected chi connectivity index (χ2v) is 9.11. The van der Waals surface area contributed by atoms with E-state index in [9.17, 15) is 9.59 Å². The summed E-state index contributed by atoms with van der Waals surface area (Å²) in [6.07, 6.45) is 0. The van der Waals surface area contributed by atoms with Crippen LogP contribution in [0.25, 0.3) is 11.0 Å². The second-order valence-electron chi connectivity index (χ2n) is 9.11. The molecule has 33 heavy (non-hydrogen) atoms. The minimum Gasteiger partial charge on any atom is -0.497 e. The summed E-state index contributed by atoms with van der Waals surface area (Å²) in [4.78, 5) is 25.8. The number of ketones is 1. The minimum absolute atomic E-state index is 0.0250. The summed E-state index contributed by atoms with van der Waals surface area (Å²) in [6.45, 7) is 8.26. The number of hydrogen-bond acceptors (Lipinski definition) is 4. The van der Waals surface area contributed by atoms with E-state index < -0.39 is 0 Å². The van der Waals surface area contributed by atoms with Crippen LogP contribution in [0.15, 0.2) is 71.1 Å². The molecule has 1 amide bonds. The number of benzene rings is 3. The molecule has 0 radical (unpaired) electrons. The van der Waals surface area contributed by atoms with Crippen molar-refractivity contribution in [2.45, 2.75) is 33.1 Å². The van der Waals surface area contributed by atoms with E-state index in [1.165, 1.54) is 5.56 Å². The SMILES string of the molecule is COc1cccc(C(=O)c2oc3cc(NC(=O)c4ccc(C(C)(C)C)cc4)ccc3c2C)c1. The second kappa shape index (κ2) is 8.58. The summed E-state index contributed by atoms with van der Waals surface area (Å²) in [7, 11) is 1.56. The minimum atomic E-state index is -0.216. The van der Waals surface area contributed by atoms with Crippen molar-refractivity contribution in [3.8, 4) is 5.75 Å². The van der Waals surface area contributed by atoms with Gasteiger partial charge in [0.15, 0.2) is 5.76 Å². The molecular formula is C28H27NO4. The maximum Gasteiger partial charge on any atom is 0.255 e. The third kappa shape index (κ3) is 4.53. The summed E-state index contributed by atoms with van der Waals surface area (Å²) in [5.74, 6) is 0.465. The number of methoxy groups -OCH3 is 1. The highest BCUT2D eigenvalue weighted by Gasteiger charge is 2.20. The number of fused-ring (bicyclic) bond motifs is 1. The molecule has 0 saturated carbocycles. The molecule has 0 aliphatic carbocycles. The summed E-state index contributed by atoms with van der Waals surface area (Å²) < 4.78 is 11.1. The lowest BCUT2D eigenvalue weighted by Crippen LogP contribution is -2.14. The molecule has 4 aromatic rings. The molecule has 0 saturated heterocycles.